The first-order valence-electron chi connectivity index (χ1n) is 5.45. The third-order valence-electron chi connectivity index (χ3n) is 2.73. The molecule has 1 N–H and O–H groups in total. The number of fused-ring (bicyclic) bond motifs is 1. The van der Waals surface area contributed by atoms with Gasteiger partial charge in [-0.1, -0.05) is 29.8 Å². The lowest BCUT2D eigenvalue weighted by molar-refractivity contribution is 0.477. The lowest BCUT2D eigenvalue weighted by Gasteiger charge is -2.04. The van der Waals surface area contributed by atoms with Crippen molar-refractivity contribution >= 4 is 22.5 Å². The molecular weight excluding hydrogens is 248 g/mol. The van der Waals surface area contributed by atoms with Gasteiger partial charge in [-0.3, -0.25) is 0 Å². The molecule has 2 aromatic carbocycles. The average molecular weight is 257 g/mol. The van der Waals surface area contributed by atoms with E-state index in [1.165, 1.54) is 0 Å². The Bertz CT molecular complexity index is 728. The van der Waals surface area contributed by atoms with Crippen LogP contribution in [0.4, 0.5) is 0 Å². The Hall–Kier alpha value is -2.13. The molecule has 3 aromatic rings. The van der Waals surface area contributed by atoms with E-state index in [0.29, 0.717) is 16.3 Å². The van der Waals surface area contributed by atoms with Crippen LogP contribution < -0.4 is 0 Å². The molecule has 3 rings (SSSR count). The number of aromatic hydroxyl groups is 1. The first-order chi connectivity index (χ1) is 8.74. The van der Waals surface area contributed by atoms with Gasteiger partial charge in [-0.2, -0.15) is 0 Å². The number of rotatable bonds is 1. The highest BCUT2D eigenvalue weighted by Crippen LogP contribution is 2.28. The molecule has 18 heavy (non-hydrogen) atoms. The second kappa shape index (κ2) is 4.27. The standard InChI is InChI=1S/C14H9ClN2O/c15-10-6-5-9-7-13(17-16-12(9)8-10)11-3-1-2-4-14(11)18/h1-8,18H. The smallest absolute Gasteiger partial charge is 0.125 e. The first kappa shape index (κ1) is 11.0. The zero-order valence-electron chi connectivity index (χ0n) is 9.34. The van der Waals surface area contributed by atoms with Crippen LogP contribution in [-0.4, -0.2) is 15.3 Å². The fourth-order valence-corrected chi connectivity index (χ4v) is 2.00. The number of halogens is 1. The third-order valence-corrected chi connectivity index (χ3v) is 2.97. The highest BCUT2D eigenvalue weighted by atomic mass is 35.5. The van der Waals surface area contributed by atoms with Crippen molar-refractivity contribution in [2.24, 2.45) is 0 Å². The number of phenolic OH excluding ortho intramolecular Hbond substituents is 1. The summed E-state index contributed by atoms with van der Waals surface area (Å²) in [4.78, 5) is 0. The summed E-state index contributed by atoms with van der Waals surface area (Å²) in [6.45, 7) is 0. The zero-order chi connectivity index (χ0) is 12.5. The maximum atomic E-state index is 9.79. The van der Waals surface area contributed by atoms with Crippen molar-refractivity contribution in [2.45, 2.75) is 0 Å². The Morgan fingerprint density at radius 1 is 0.944 bits per heavy atom. The number of nitrogens with zero attached hydrogens (tertiary/aromatic N) is 2. The second-order valence-electron chi connectivity index (χ2n) is 3.95. The van der Waals surface area contributed by atoms with Crippen molar-refractivity contribution in [1.82, 2.24) is 10.2 Å². The summed E-state index contributed by atoms with van der Waals surface area (Å²) in [5.41, 5.74) is 2.05. The number of aromatic nitrogens is 2. The quantitative estimate of drug-likeness (QED) is 0.723. The number of hydrogen-bond acceptors (Lipinski definition) is 3. The van der Waals surface area contributed by atoms with Crippen LogP contribution in [0.2, 0.25) is 5.02 Å². The van der Waals surface area contributed by atoms with Crippen LogP contribution in [0.3, 0.4) is 0 Å². The van der Waals surface area contributed by atoms with Crippen LogP contribution in [0.1, 0.15) is 0 Å². The molecule has 0 fully saturated rings. The van der Waals surface area contributed by atoms with E-state index in [2.05, 4.69) is 10.2 Å². The van der Waals surface area contributed by atoms with Gasteiger partial charge in [0, 0.05) is 16.0 Å². The predicted octanol–water partition coefficient (Wildman–Crippen LogP) is 3.66. The van der Waals surface area contributed by atoms with E-state index in [-0.39, 0.29) is 5.75 Å². The highest BCUT2D eigenvalue weighted by molar-refractivity contribution is 6.31. The Labute approximate surface area is 109 Å². The Balaban J connectivity index is 2.20. The molecule has 0 bridgehead atoms. The van der Waals surface area contributed by atoms with Gasteiger partial charge in [0.2, 0.25) is 0 Å². The number of hydrogen-bond donors (Lipinski definition) is 1. The largest absolute Gasteiger partial charge is 0.507 e. The molecule has 0 aliphatic carbocycles. The summed E-state index contributed by atoms with van der Waals surface area (Å²) in [6.07, 6.45) is 0. The maximum absolute atomic E-state index is 9.79. The van der Waals surface area contributed by atoms with E-state index in [4.69, 9.17) is 11.6 Å². The van der Waals surface area contributed by atoms with Crippen LogP contribution in [0.5, 0.6) is 5.75 Å². The number of para-hydroxylation sites is 1. The summed E-state index contributed by atoms with van der Waals surface area (Å²) >= 11 is 5.89. The van der Waals surface area contributed by atoms with Gasteiger partial charge in [-0.05, 0) is 30.3 Å². The molecule has 0 atom stereocenters. The van der Waals surface area contributed by atoms with Crippen LogP contribution in [0.25, 0.3) is 22.2 Å². The summed E-state index contributed by atoms with van der Waals surface area (Å²) < 4.78 is 0. The molecule has 1 aromatic heterocycles. The van der Waals surface area contributed by atoms with Crippen molar-refractivity contribution in [3.8, 4) is 17.0 Å². The van der Waals surface area contributed by atoms with Gasteiger partial charge in [0.15, 0.2) is 0 Å². The molecule has 4 heteroatoms. The first-order valence-corrected chi connectivity index (χ1v) is 5.83. The third kappa shape index (κ3) is 1.89. The van der Waals surface area contributed by atoms with Crippen LogP contribution in [0.15, 0.2) is 48.5 Å². The maximum Gasteiger partial charge on any atom is 0.125 e. The Morgan fingerprint density at radius 3 is 2.61 bits per heavy atom. The van der Waals surface area contributed by atoms with E-state index in [0.717, 1.165) is 10.9 Å². The topological polar surface area (TPSA) is 46.0 Å². The van der Waals surface area contributed by atoms with Crippen LogP contribution >= 0.6 is 11.6 Å². The molecular formula is C14H9ClN2O. The molecule has 0 saturated carbocycles. The summed E-state index contributed by atoms with van der Waals surface area (Å²) in [7, 11) is 0. The highest BCUT2D eigenvalue weighted by Gasteiger charge is 2.06. The Kier molecular flexibility index (Phi) is 2.61. The monoisotopic (exact) mass is 256 g/mol. The average Bonchev–Trinajstić information content (AvgIpc) is 2.39. The minimum atomic E-state index is 0.195. The van der Waals surface area contributed by atoms with Gasteiger partial charge in [0.05, 0.1) is 11.2 Å². The summed E-state index contributed by atoms with van der Waals surface area (Å²) in [6, 6.07) is 14.4. The van der Waals surface area contributed by atoms with E-state index < -0.39 is 0 Å². The molecule has 0 aliphatic heterocycles. The lowest BCUT2D eigenvalue weighted by atomic mass is 10.1. The minimum Gasteiger partial charge on any atom is -0.507 e. The van der Waals surface area contributed by atoms with Crippen molar-refractivity contribution in [3.63, 3.8) is 0 Å². The second-order valence-corrected chi connectivity index (χ2v) is 4.39. The molecule has 0 spiro atoms. The van der Waals surface area contributed by atoms with Gasteiger partial charge in [0.25, 0.3) is 0 Å². The van der Waals surface area contributed by atoms with Crippen molar-refractivity contribution < 1.29 is 5.11 Å². The Morgan fingerprint density at radius 2 is 1.78 bits per heavy atom. The molecule has 0 radical (unpaired) electrons. The summed E-state index contributed by atoms with van der Waals surface area (Å²) in [5.74, 6) is 0.195. The van der Waals surface area contributed by atoms with Gasteiger partial charge in [-0.15, -0.1) is 10.2 Å². The molecule has 3 nitrogen and oxygen atoms in total. The SMILES string of the molecule is Oc1ccccc1-c1cc2ccc(Cl)cc2nn1. The van der Waals surface area contributed by atoms with E-state index in [1.807, 2.05) is 18.2 Å². The molecule has 0 amide bonds. The van der Waals surface area contributed by atoms with E-state index >= 15 is 0 Å². The van der Waals surface area contributed by atoms with Gasteiger partial charge in [-0.25, -0.2) is 0 Å². The fraction of sp³-hybridized carbons (Fsp3) is 0. The van der Waals surface area contributed by atoms with Crippen LogP contribution in [-0.2, 0) is 0 Å². The van der Waals surface area contributed by atoms with Crippen molar-refractivity contribution in [2.75, 3.05) is 0 Å². The predicted molar refractivity (Wildman–Crippen MR) is 71.6 cm³/mol. The lowest BCUT2D eigenvalue weighted by Crippen LogP contribution is -1.89. The van der Waals surface area contributed by atoms with Crippen molar-refractivity contribution in [1.29, 1.82) is 0 Å². The van der Waals surface area contributed by atoms with E-state index in [1.54, 1.807) is 30.3 Å². The number of phenols is 1. The van der Waals surface area contributed by atoms with Crippen LogP contribution in [0, 0.1) is 0 Å². The van der Waals surface area contributed by atoms with Gasteiger partial charge >= 0.3 is 0 Å². The van der Waals surface area contributed by atoms with Gasteiger partial charge in [0.1, 0.15) is 5.75 Å². The molecule has 0 aliphatic rings. The molecule has 0 unspecified atom stereocenters. The summed E-state index contributed by atoms with van der Waals surface area (Å²) in [5, 5.41) is 19.6. The number of benzene rings is 2. The minimum absolute atomic E-state index is 0.195. The molecule has 0 saturated heterocycles. The van der Waals surface area contributed by atoms with E-state index in [9.17, 15) is 5.11 Å². The normalized spacial score (nSPS) is 10.7. The van der Waals surface area contributed by atoms with Gasteiger partial charge < -0.3 is 5.11 Å². The van der Waals surface area contributed by atoms with Crippen molar-refractivity contribution in [3.05, 3.63) is 53.6 Å². The zero-order valence-corrected chi connectivity index (χ0v) is 10.1. The molecule has 88 valence electrons. The fourth-order valence-electron chi connectivity index (χ4n) is 1.83. The molecule has 1 heterocycles.